The maximum Gasteiger partial charge on any atom is 1.00 e. The Bertz CT molecular complexity index is 1280. The van der Waals surface area contributed by atoms with E-state index in [2.05, 4.69) is 5.84 Å². The molecule has 2 aromatic rings. The van der Waals surface area contributed by atoms with Crippen LogP contribution in [0.1, 0.15) is 128 Å². The van der Waals surface area contributed by atoms with Crippen molar-refractivity contribution in [1.29, 1.82) is 0 Å². The first-order valence-corrected chi connectivity index (χ1v) is 22.5. The van der Waals surface area contributed by atoms with Crippen LogP contribution in [-0.4, -0.2) is 69.3 Å². The Hall–Kier alpha value is -1.91. The van der Waals surface area contributed by atoms with Crippen LogP contribution in [0, 0.1) is 35.5 Å². The zero-order valence-electron chi connectivity index (χ0n) is 37.6. The van der Waals surface area contributed by atoms with Gasteiger partial charge in [-0.15, -0.1) is 23.2 Å². The van der Waals surface area contributed by atoms with Gasteiger partial charge in [-0.2, -0.15) is 0 Å². The first-order chi connectivity index (χ1) is 29.2. The summed E-state index contributed by atoms with van der Waals surface area (Å²) in [4.78, 5) is 34.6. The summed E-state index contributed by atoms with van der Waals surface area (Å²) >= 11 is 9.53. The number of ether oxygens (including phenoxy) is 2. The molecule has 0 aromatic heterocycles. The van der Waals surface area contributed by atoms with Crippen LogP contribution in [0.3, 0.4) is 0 Å². The number of nitrogens with two attached hydrogens (primary N) is 1. The van der Waals surface area contributed by atoms with Crippen molar-refractivity contribution in [3.05, 3.63) is 77.4 Å². The van der Waals surface area contributed by atoms with Crippen molar-refractivity contribution in [3.63, 3.8) is 0 Å². The van der Waals surface area contributed by atoms with E-state index in [1.807, 2.05) is 73.2 Å². The predicted octanol–water partition coefficient (Wildman–Crippen LogP) is 7.87. The second kappa shape index (κ2) is 39.5. The van der Waals surface area contributed by atoms with Gasteiger partial charge in [0.25, 0.3) is 0 Å². The van der Waals surface area contributed by atoms with Gasteiger partial charge in [-0.25, -0.2) is 8.78 Å². The number of aliphatic carboxylic acids is 1. The molecule has 0 heterocycles. The second-order valence-corrected chi connectivity index (χ2v) is 16.8. The molecule has 3 unspecified atom stereocenters. The Morgan fingerprint density at radius 3 is 1.18 bits per heavy atom. The summed E-state index contributed by atoms with van der Waals surface area (Å²) in [5.41, 5.74) is 4.05. The van der Waals surface area contributed by atoms with Gasteiger partial charge in [-0.05, 0) is 146 Å². The number of carbonyl (C=O) groups is 3. The zero-order valence-corrected chi connectivity index (χ0v) is 41.1. The van der Waals surface area contributed by atoms with Crippen molar-refractivity contribution < 1.29 is 82.7 Å². The van der Waals surface area contributed by atoms with Crippen molar-refractivity contribution in [1.82, 2.24) is 0 Å². The first-order valence-electron chi connectivity index (χ1n) is 21.4. The summed E-state index contributed by atoms with van der Waals surface area (Å²) < 4.78 is 36.4. The Morgan fingerprint density at radius 1 is 0.645 bits per heavy atom. The van der Waals surface area contributed by atoms with Crippen molar-refractivity contribution in [2.45, 2.75) is 149 Å². The summed E-state index contributed by atoms with van der Waals surface area (Å²) in [6.07, 6.45) is 11.0. The summed E-state index contributed by atoms with van der Waals surface area (Å²) in [6, 6.07) is 19.5. The maximum atomic E-state index is 13.0. The molecule has 3 aliphatic carbocycles. The Kier molecular flexibility index (Phi) is 39.6. The van der Waals surface area contributed by atoms with Crippen LogP contribution in [0.25, 0.3) is 5.59 Å². The standard InChI is InChI=1S/C17H23FO2.C17H24O3.C10H17FO2.CH2Cl2.CH4O.H3N2O.Na/c2*1-13(18)11-14-7-9-16(10-8-14)17(19)20-12-15-5-3-2-4-6-15;1-7(11)6-8-2-4-9(5-3-8)10(12)13;2-1-3;1-2;1-2-3;/h2-6,13-14,16H,7-12H2,1H3;2-6,13-14,16,18H,7-12H2,1H3;7-9H,2-6H2,1H3,(H,12,13);1H2;2H,1H3;3H,1H2;/q;;;;;-1;+1. The number of esters is 2. The fourth-order valence-electron chi connectivity index (χ4n) is 8.01. The minimum absolute atomic E-state index is 0. The van der Waals surface area contributed by atoms with Crippen molar-refractivity contribution in [2.75, 3.05) is 12.4 Å². The number of nitrogens with zero attached hydrogens (tertiary/aromatic N) is 1. The van der Waals surface area contributed by atoms with E-state index in [-0.39, 0.29) is 70.7 Å². The molecule has 3 fully saturated rings. The molecule has 3 saturated carbocycles. The van der Waals surface area contributed by atoms with Gasteiger partial charge in [0, 0.05) is 7.11 Å². The maximum absolute atomic E-state index is 13.0. The third kappa shape index (κ3) is 31.0. The van der Waals surface area contributed by atoms with E-state index in [0.29, 0.717) is 43.8 Å². The first kappa shape index (κ1) is 62.2. The molecule has 62 heavy (non-hydrogen) atoms. The minimum Gasteiger partial charge on any atom is -0.488 e. The van der Waals surface area contributed by atoms with E-state index < -0.39 is 18.3 Å². The van der Waals surface area contributed by atoms with Gasteiger partial charge in [0.05, 0.1) is 41.5 Å². The van der Waals surface area contributed by atoms with Crippen LogP contribution in [0.15, 0.2) is 60.7 Å². The van der Waals surface area contributed by atoms with E-state index in [0.717, 1.165) is 102 Å². The van der Waals surface area contributed by atoms with Crippen molar-refractivity contribution in [3.8, 4) is 0 Å². The number of carbonyl (C=O) groups excluding carboxylic acids is 2. The molecule has 3 aliphatic rings. The zero-order chi connectivity index (χ0) is 46.0. The molecule has 0 saturated heterocycles. The average molecular weight is 930 g/mol. The molecule has 0 amide bonds. The second-order valence-electron chi connectivity index (χ2n) is 16.0. The fourth-order valence-corrected chi connectivity index (χ4v) is 8.01. The smallest absolute Gasteiger partial charge is 0.488 e. The normalized spacial score (nSPS) is 22.8. The minimum atomic E-state index is -0.744. The van der Waals surface area contributed by atoms with Gasteiger partial charge < -0.3 is 41.4 Å². The largest absolute Gasteiger partial charge is 1.00 e. The Labute approximate surface area is 401 Å². The van der Waals surface area contributed by atoms with E-state index in [1.54, 1.807) is 13.8 Å². The summed E-state index contributed by atoms with van der Waals surface area (Å²) in [5, 5.41) is 32.3. The number of carboxylic acids is 1. The fraction of sp³-hybridized carbons (Fsp3) is 0.674. The van der Waals surface area contributed by atoms with Crippen molar-refractivity contribution >= 4 is 41.1 Å². The van der Waals surface area contributed by atoms with E-state index >= 15 is 0 Å². The molecule has 0 bridgehead atoms. The third-order valence-corrected chi connectivity index (χ3v) is 11.0. The molecule has 0 aliphatic heterocycles. The van der Waals surface area contributed by atoms with Gasteiger partial charge in [-0.3, -0.25) is 14.4 Å². The number of aliphatic hydroxyl groups is 2. The molecule has 0 spiro atoms. The molecule has 2 aromatic carbocycles. The summed E-state index contributed by atoms with van der Waals surface area (Å²) in [7, 11) is 1.00. The Balaban J connectivity index is 0. The number of rotatable bonds is 13. The van der Waals surface area contributed by atoms with E-state index in [9.17, 15) is 28.3 Å². The summed E-state index contributed by atoms with van der Waals surface area (Å²) in [5.74, 6) is 4.47. The number of carboxylic acid groups (broad SMARTS) is 1. The van der Waals surface area contributed by atoms with Gasteiger partial charge in [-0.1, -0.05) is 60.7 Å². The molecular weight excluding hydrogens is 856 g/mol. The van der Waals surface area contributed by atoms with Crippen LogP contribution < -0.4 is 35.4 Å². The van der Waals surface area contributed by atoms with Crippen LogP contribution in [0.4, 0.5) is 8.78 Å². The number of hydrogen-bond acceptors (Lipinski definition) is 9. The van der Waals surface area contributed by atoms with Gasteiger partial charge >= 0.3 is 47.5 Å². The number of halogens is 4. The number of benzene rings is 2. The molecule has 350 valence electrons. The quantitative estimate of drug-likeness (QED) is 0.0435. The molecule has 16 heteroatoms. The van der Waals surface area contributed by atoms with Crippen LogP contribution in [-0.2, 0) is 37.1 Å². The van der Waals surface area contributed by atoms with Gasteiger partial charge in [0.2, 0.25) is 0 Å². The molecule has 5 rings (SSSR count). The average Bonchev–Trinajstić information content (AvgIpc) is 3.24. The third-order valence-electron chi connectivity index (χ3n) is 11.0. The monoisotopic (exact) mass is 928 g/mol. The van der Waals surface area contributed by atoms with Gasteiger partial charge in [0.1, 0.15) is 13.2 Å². The van der Waals surface area contributed by atoms with E-state index in [1.165, 1.54) is 0 Å². The number of aliphatic hydroxyl groups excluding tert-OH is 2. The van der Waals surface area contributed by atoms with Gasteiger partial charge in [0.15, 0.2) is 0 Å². The topological polar surface area (TPSA) is 191 Å². The van der Waals surface area contributed by atoms with Crippen LogP contribution >= 0.6 is 23.2 Å². The molecule has 6 N–H and O–H groups in total. The van der Waals surface area contributed by atoms with Crippen LogP contribution in [0.5, 0.6) is 0 Å². The molecule has 0 radical (unpaired) electrons. The molecule has 11 nitrogen and oxygen atoms in total. The molecular formula is C46H73Cl2F2N2NaO9. The summed E-state index contributed by atoms with van der Waals surface area (Å²) in [6.45, 7) is 5.73. The number of alkyl halides is 4. The van der Waals surface area contributed by atoms with E-state index in [4.69, 9.17) is 48.1 Å². The molecule has 3 atom stereocenters. The SMILES string of the molecule is CC(F)CC1CCC(C(=O)O)CC1.CC(F)CC1CCC(C(=O)OCc2ccccc2)CC1.CC(O)CC1CCC(C(=O)OCc2ccccc2)CC1.CO.ClCCl.N[N-]O.[Na+]. The number of hydrogen-bond donors (Lipinski definition) is 5. The predicted molar refractivity (Wildman–Crippen MR) is 237 cm³/mol. The van der Waals surface area contributed by atoms with Crippen LogP contribution in [0.2, 0.25) is 0 Å². The van der Waals surface area contributed by atoms with Crippen molar-refractivity contribution in [2.24, 2.45) is 41.4 Å². The Morgan fingerprint density at radius 2 is 0.919 bits per heavy atom.